The van der Waals surface area contributed by atoms with Gasteiger partial charge in [0.05, 0.1) is 29.1 Å². The van der Waals surface area contributed by atoms with Gasteiger partial charge in [0.15, 0.2) is 0 Å². The van der Waals surface area contributed by atoms with Crippen LogP contribution in [-0.4, -0.2) is 21.8 Å². The van der Waals surface area contributed by atoms with Gasteiger partial charge in [-0.3, -0.25) is 4.57 Å². The van der Waals surface area contributed by atoms with Gasteiger partial charge in [-0.15, -0.1) is 0 Å². The summed E-state index contributed by atoms with van der Waals surface area (Å²) in [6.45, 7) is 12.2. The maximum atomic E-state index is 4.94. The Hall–Kier alpha value is -5.00. The van der Waals surface area contributed by atoms with Crippen molar-refractivity contribution < 1.29 is 0 Å². The van der Waals surface area contributed by atoms with E-state index >= 15 is 0 Å². The van der Waals surface area contributed by atoms with E-state index in [-0.39, 0.29) is 5.54 Å². The predicted octanol–water partition coefficient (Wildman–Crippen LogP) is 11.8. The summed E-state index contributed by atoms with van der Waals surface area (Å²) < 4.78 is 2.33. The van der Waals surface area contributed by atoms with Crippen molar-refractivity contribution in [2.24, 2.45) is 0 Å². The lowest BCUT2D eigenvalue weighted by Gasteiger charge is -2.34. The van der Waals surface area contributed by atoms with E-state index < -0.39 is 0 Å². The first kappa shape index (κ1) is 30.3. The predicted molar refractivity (Wildman–Crippen MR) is 204 cm³/mol. The van der Waals surface area contributed by atoms with Gasteiger partial charge in [-0.2, -0.15) is 0 Å². The van der Waals surface area contributed by atoms with Gasteiger partial charge in [-0.25, -0.2) is 4.98 Å². The lowest BCUT2D eigenvalue weighted by atomic mass is 9.93. The molecule has 0 bridgehead atoms. The fourth-order valence-electron chi connectivity index (χ4n) is 7.09. The molecular formula is C43H40N4S. The smallest absolute Gasteiger partial charge is 0.138 e. The van der Waals surface area contributed by atoms with Crippen LogP contribution in [0, 0.1) is 0 Å². The van der Waals surface area contributed by atoms with E-state index in [1.165, 1.54) is 54.3 Å². The number of pyridine rings is 1. The van der Waals surface area contributed by atoms with Gasteiger partial charge < -0.3 is 9.80 Å². The molecule has 0 atom stereocenters. The minimum Gasteiger partial charge on any atom is -0.347 e. The summed E-state index contributed by atoms with van der Waals surface area (Å²) in [6, 6.07) is 46.3. The van der Waals surface area contributed by atoms with Crippen molar-refractivity contribution in [3.63, 3.8) is 0 Å². The highest BCUT2D eigenvalue weighted by molar-refractivity contribution is 7.99. The molecule has 48 heavy (non-hydrogen) atoms. The highest BCUT2D eigenvalue weighted by Gasteiger charge is 2.33. The third kappa shape index (κ3) is 5.32. The highest BCUT2D eigenvalue weighted by atomic mass is 32.2. The van der Waals surface area contributed by atoms with Crippen LogP contribution in [0.5, 0.6) is 0 Å². The van der Waals surface area contributed by atoms with Crippen LogP contribution in [0.1, 0.15) is 46.1 Å². The molecule has 0 radical (unpaired) electrons. The van der Waals surface area contributed by atoms with E-state index in [1.54, 1.807) is 0 Å². The average molecular weight is 645 g/mol. The minimum atomic E-state index is 0.0251. The Labute approximate surface area is 287 Å². The van der Waals surface area contributed by atoms with Crippen LogP contribution in [0.4, 0.5) is 17.1 Å². The Kier molecular flexibility index (Phi) is 7.53. The summed E-state index contributed by atoms with van der Waals surface area (Å²) in [6.07, 6.45) is 1.95. The summed E-state index contributed by atoms with van der Waals surface area (Å²) in [5.41, 5.74) is 9.89. The Morgan fingerprint density at radius 3 is 2.23 bits per heavy atom. The van der Waals surface area contributed by atoms with Gasteiger partial charge in [-0.05, 0) is 104 Å². The number of fused-ring (bicyclic) bond motifs is 4. The van der Waals surface area contributed by atoms with E-state index in [0.717, 1.165) is 23.5 Å². The van der Waals surface area contributed by atoms with Crippen molar-refractivity contribution in [1.29, 1.82) is 0 Å². The molecule has 1 aliphatic rings. The number of rotatable bonds is 6. The molecule has 0 saturated heterocycles. The van der Waals surface area contributed by atoms with Crippen molar-refractivity contribution in [1.82, 2.24) is 9.55 Å². The number of para-hydroxylation sites is 3. The van der Waals surface area contributed by atoms with E-state index in [4.69, 9.17) is 4.98 Å². The molecule has 8 rings (SSSR count). The van der Waals surface area contributed by atoms with Crippen LogP contribution < -0.4 is 9.80 Å². The Bertz CT molecular complexity index is 2290. The van der Waals surface area contributed by atoms with Crippen molar-refractivity contribution in [2.45, 2.75) is 55.9 Å². The van der Waals surface area contributed by atoms with Crippen LogP contribution in [-0.2, 0) is 0 Å². The summed E-state index contributed by atoms with van der Waals surface area (Å²) >= 11 is 1.81. The van der Waals surface area contributed by atoms with E-state index in [1.807, 2.05) is 18.0 Å². The fourth-order valence-corrected chi connectivity index (χ4v) is 8.00. The number of nitrogens with zero attached hydrogens (tertiary/aromatic N) is 4. The Morgan fingerprint density at radius 2 is 1.40 bits per heavy atom. The van der Waals surface area contributed by atoms with Crippen molar-refractivity contribution in [3.8, 4) is 16.9 Å². The standard InChI is InChI=1S/C43H40N4S/c1-29(2)34-15-6-7-16-35(34)30-23-24-44-42(25-30)47-38-18-9-8-17-36(38)37-22-21-33(27-41(37)47)48-32-14-12-13-31(26-32)45-28-46(43(3,4)5)40-20-11-10-19-39(40)45/h6-27,29H,28H2,1-5H3. The topological polar surface area (TPSA) is 24.3 Å². The van der Waals surface area contributed by atoms with E-state index in [0.29, 0.717) is 5.92 Å². The summed E-state index contributed by atoms with van der Waals surface area (Å²) in [5, 5.41) is 2.46. The monoisotopic (exact) mass is 644 g/mol. The number of anilines is 3. The zero-order valence-corrected chi connectivity index (χ0v) is 29.0. The van der Waals surface area contributed by atoms with Crippen LogP contribution in [0.25, 0.3) is 38.8 Å². The maximum absolute atomic E-state index is 4.94. The number of hydrogen-bond donors (Lipinski definition) is 0. The molecule has 1 aliphatic heterocycles. The molecule has 3 heterocycles. The normalized spacial score (nSPS) is 13.2. The van der Waals surface area contributed by atoms with Crippen LogP contribution in [0.15, 0.2) is 143 Å². The Morgan fingerprint density at radius 1 is 0.667 bits per heavy atom. The molecule has 0 N–H and O–H groups in total. The second kappa shape index (κ2) is 11.9. The number of benzene rings is 5. The van der Waals surface area contributed by atoms with Crippen LogP contribution in [0.2, 0.25) is 0 Å². The molecular weight excluding hydrogens is 605 g/mol. The molecule has 238 valence electrons. The molecule has 4 nitrogen and oxygen atoms in total. The molecule has 0 saturated carbocycles. The maximum Gasteiger partial charge on any atom is 0.138 e. The minimum absolute atomic E-state index is 0.0251. The van der Waals surface area contributed by atoms with Gasteiger partial charge >= 0.3 is 0 Å². The SMILES string of the molecule is CC(C)c1ccccc1-c1ccnc(-n2c3ccccc3c3ccc(Sc4cccc(N5CN(C(C)(C)C)c6ccccc65)c4)cc32)c1. The molecule has 7 aromatic rings. The van der Waals surface area contributed by atoms with Crippen molar-refractivity contribution >= 4 is 50.6 Å². The summed E-state index contributed by atoms with van der Waals surface area (Å²) in [4.78, 5) is 12.3. The molecule has 5 aromatic carbocycles. The largest absolute Gasteiger partial charge is 0.347 e. The quantitative estimate of drug-likeness (QED) is 0.180. The van der Waals surface area contributed by atoms with Gasteiger partial charge in [0.1, 0.15) is 5.82 Å². The zero-order chi connectivity index (χ0) is 33.0. The molecule has 0 spiro atoms. The van der Waals surface area contributed by atoms with Gasteiger partial charge in [0.2, 0.25) is 0 Å². The van der Waals surface area contributed by atoms with Gasteiger partial charge in [-0.1, -0.05) is 92.3 Å². The molecule has 5 heteroatoms. The first-order chi connectivity index (χ1) is 23.3. The van der Waals surface area contributed by atoms with Crippen LogP contribution >= 0.6 is 11.8 Å². The van der Waals surface area contributed by atoms with Crippen LogP contribution in [0.3, 0.4) is 0 Å². The third-order valence-corrected chi connectivity index (χ3v) is 10.4. The first-order valence-corrected chi connectivity index (χ1v) is 17.6. The summed E-state index contributed by atoms with van der Waals surface area (Å²) in [5.74, 6) is 1.36. The fraction of sp³-hybridized carbons (Fsp3) is 0.186. The lowest BCUT2D eigenvalue weighted by molar-refractivity contribution is 0.518. The van der Waals surface area contributed by atoms with Crippen molar-refractivity contribution in [2.75, 3.05) is 16.5 Å². The molecule has 0 fully saturated rings. The molecule has 0 amide bonds. The van der Waals surface area contributed by atoms with Gasteiger partial charge in [0, 0.05) is 38.0 Å². The zero-order valence-electron chi connectivity index (χ0n) is 28.2. The highest BCUT2D eigenvalue weighted by Crippen LogP contribution is 2.45. The molecule has 2 aromatic heterocycles. The molecule has 0 aliphatic carbocycles. The van der Waals surface area contributed by atoms with E-state index in [9.17, 15) is 0 Å². The lowest BCUT2D eigenvalue weighted by Crippen LogP contribution is -2.42. The summed E-state index contributed by atoms with van der Waals surface area (Å²) in [7, 11) is 0. The Balaban J connectivity index is 1.18. The second-order valence-corrected chi connectivity index (χ2v) is 15.1. The van der Waals surface area contributed by atoms with Crippen molar-refractivity contribution in [3.05, 3.63) is 139 Å². The average Bonchev–Trinajstić information content (AvgIpc) is 3.65. The first-order valence-electron chi connectivity index (χ1n) is 16.8. The van der Waals surface area contributed by atoms with E-state index in [2.05, 4.69) is 176 Å². The number of hydrogen-bond acceptors (Lipinski definition) is 4. The van der Waals surface area contributed by atoms with Gasteiger partial charge in [0.25, 0.3) is 0 Å². The second-order valence-electron chi connectivity index (χ2n) is 13.9. The third-order valence-electron chi connectivity index (χ3n) is 9.43. The molecule has 0 unspecified atom stereocenters. The number of aromatic nitrogens is 2.